The second-order valence-corrected chi connectivity index (χ2v) is 3.60. The summed E-state index contributed by atoms with van der Waals surface area (Å²) >= 11 is 1.60. The van der Waals surface area contributed by atoms with Crippen molar-refractivity contribution in [3.8, 4) is 0 Å². The molecule has 80 valence electrons. The number of nitrogens with one attached hydrogen (secondary N) is 1. The molecule has 1 rings (SSSR count). The van der Waals surface area contributed by atoms with Gasteiger partial charge in [-0.1, -0.05) is 0 Å². The Hall–Kier alpha value is -0.940. The van der Waals surface area contributed by atoms with Gasteiger partial charge in [-0.2, -0.15) is 11.8 Å². The van der Waals surface area contributed by atoms with Crippen LogP contribution < -0.4 is 5.73 Å². The van der Waals surface area contributed by atoms with Gasteiger partial charge in [0, 0.05) is 12.4 Å². The predicted octanol–water partition coefficient (Wildman–Crippen LogP) is 1.17. The highest BCUT2D eigenvalue weighted by Crippen LogP contribution is 1.97. The number of carboxylic acids is 1. The van der Waals surface area contributed by atoms with Crippen LogP contribution in [0.25, 0.3) is 0 Å². The average Bonchev–Trinajstić information content (AvgIpc) is 2.71. The summed E-state index contributed by atoms with van der Waals surface area (Å²) in [6.45, 7) is 0. The summed E-state index contributed by atoms with van der Waals surface area (Å²) < 4.78 is 0. The van der Waals surface area contributed by atoms with Crippen LogP contribution in [0, 0.1) is 0 Å². The molecule has 0 radical (unpaired) electrons. The van der Waals surface area contributed by atoms with Crippen molar-refractivity contribution in [1.29, 1.82) is 0 Å². The zero-order chi connectivity index (χ0) is 10.8. The van der Waals surface area contributed by atoms with Crippen LogP contribution in [-0.4, -0.2) is 34.1 Å². The van der Waals surface area contributed by atoms with Crippen molar-refractivity contribution < 1.29 is 9.90 Å². The molecule has 1 aromatic heterocycles. The average molecular weight is 216 g/mol. The first-order valence-corrected chi connectivity index (χ1v) is 5.63. The molecule has 0 saturated heterocycles. The summed E-state index contributed by atoms with van der Waals surface area (Å²) in [6.07, 6.45) is 6.23. The van der Waals surface area contributed by atoms with Crippen LogP contribution in [0.2, 0.25) is 0 Å². The fraction of sp³-hybridized carbons (Fsp3) is 0.444. The highest BCUT2D eigenvalue weighted by molar-refractivity contribution is 7.98. The number of rotatable bonds is 4. The van der Waals surface area contributed by atoms with Crippen LogP contribution in [-0.2, 0) is 4.79 Å². The molecule has 1 atom stereocenters. The van der Waals surface area contributed by atoms with Crippen LogP contribution in [0.1, 0.15) is 6.42 Å². The lowest BCUT2D eigenvalue weighted by Gasteiger charge is -2.02. The molecule has 5 heteroatoms. The Kier molecular flexibility index (Phi) is 8.07. The second kappa shape index (κ2) is 8.65. The van der Waals surface area contributed by atoms with E-state index in [0.717, 1.165) is 5.75 Å². The number of H-pyrrole nitrogens is 1. The van der Waals surface area contributed by atoms with Crippen LogP contribution in [0.3, 0.4) is 0 Å². The van der Waals surface area contributed by atoms with Gasteiger partial charge in [0.15, 0.2) is 0 Å². The molecular formula is C9H16N2O2S. The van der Waals surface area contributed by atoms with Crippen LogP contribution in [0.4, 0.5) is 0 Å². The number of nitrogens with two attached hydrogens (primary N) is 1. The van der Waals surface area contributed by atoms with Crippen molar-refractivity contribution >= 4 is 17.7 Å². The molecule has 0 bridgehead atoms. The number of carboxylic acid groups (broad SMARTS) is 1. The predicted molar refractivity (Wildman–Crippen MR) is 59.4 cm³/mol. The summed E-state index contributed by atoms with van der Waals surface area (Å²) in [5.74, 6) is -0.1000. The molecule has 0 aliphatic heterocycles. The fourth-order valence-electron chi connectivity index (χ4n) is 0.646. The van der Waals surface area contributed by atoms with E-state index in [1.54, 1.807) is 11.8 Å². The molecule has 0 fully saturated rings. The van der Waals surface area contributed by atoms with Gasteiger partial charge in [-0.3, -0.25) is 4.79 Å². The minimum Gasteiger partial charge on any atom is -0.480 e. The van der Waals surface area contributed by atoms with Gasteiger partial charge in [0.25, 0.3) is 0 Å². The Balaban J connectivity index is 0.000000280. The third kappa shape index (κ3) is 7.70. The number of hydrogen-bond acceptors (Lipinski definition) is 3. The number of aromatic amines is 1. The molecule has 1 unspecified atom stereocenters. The number of aromatic nitrogens is 1. The van der Waals surface area contributed by atoms with E-state index in [9.17, 15) is 4.79 Å². The van der Waals surface area contributed by atoms with Crippen molar-refractivity contribution in [1.82, 2.24) is 4.98 Å². The Morgan fingerprint density at radius 2 is 2.14 bits per heavy atom. The van der Waals surface area contributed by atoms with Crippen molar-refractivity contribution in [3.63, 3.8) is 0 Å². The molecule has 1 aromatic rings. The number of hydrogen-bond donors (Lipinski definition) is 3. The zero-order valence-electron chi connectivity index (χ0n) is 8.14. The first-order chi connectivity index (χ1) is 6.68. The highest BCUT2D eigenvalue weighted by atomic mass is 32.2. The summed E-state index contributed by atoms with van der Waals surface area (Å²) in [4.78, 5) is 12.9. The summed E-state index contributed by atoms with van der Waals surface area (Å²) in [5, 5.41) is 8.27. The Morgan fingerprint density at radius 3 is 2.43 bits per heavy atom. The SMILES string of the molecule is CSCCC(N)C(=O)O.c1cc[nH]c1. The van der Waals surface area contributed by atoms with Gasteiger partial charge in [0.2, 0.25) is 0 Å². The van der Waals surface area contributed by atoms with E-state index >= 15 is 0 Å². The van der Waals surface area contributed by atoms with Gasteiger partial charge >= 0.3 is 5.97 Å². The molecule has 4 N–H and O–H groups in total. The standard InChI is InChI=1S/C5H11NO2S.C4H5N/c1-9-3-2-4(6)5(7)8;1-2-4-5-3-1/h4H,2-3,6H2,1H3,(H,7,8);1-5H. The van der Waals surface area contributed by atoms with E-state index in [4.69, 9.17) is 10.8 Å². The first-order valence-electron chi connectivity index (χ1n) is 4.23. The number of aliphatic carboxylic acids is 1. The quantitative estimate of drug-likeness (QED) is 0.705. The van der Waals surface area contributed by atoms with Crippen molar-refractivity contribution in [2.45, 2.75) is 12.5 Å². The third-order valence-electron chi connectivity index (χ3n) is 1.45. The van der Waals surface area contributed by atoms with Gasteiger partial charge in [0.05, 0.1) is 0 Å². The van der Waals surface area contributed by atoms with Gasteiger partial charge in [-0.05, 0) is 30.6 Å². The van der Waals surface area contributed by atoms with E-state index < -0.39 is 12.0 Å². The van der Waals surface area contributed by atoms with Gasteiger partial charge in [0.1, 0.15) is 6.04 Å². The van der Waals surface area contributed by atoms with Gasteiger partial charge < -0.3 is 15.8 Å². The Morgan fingerprint density at radius 1 is 1.57 bits per heavy atom. The molecule has 1 heterocycles. The zero-order valence-corrected chi connectivity index (χ0v) is 8.96. The van der Waals surface area contributed by atoms with Crippen LogP contribution in [0.15, 0.2) is 24.5 Å². The van der Waals surface area contributed by atoms with Crippen molar-refractivity contribution in [2.24, 2.45) is 5.73 Å². The van der Waals surface area contributed by atoms with E-state index in [0.29, 0.717) is 6.42 Å². The highest BCUT2D eigenvalue weighted by Gasteiger charge is 2.08. The molecule has 0 aliphatic rings. The normalized spacial score (nSPS) is 11.3. The molecular weight excluding hydrogens is 200 g/mol. The monoisotopic (exact) mass is 216 g/mol. The number of carbonyl (C=O) groups is 1. The minimum atomic E-state index is -0.913. The summed E-state index contributed by atoms with van der Waals surface area (Å²) in [5.41, 5.74) is 5.19. The van der Waals surface area contributed by atoms with Crippen molar-refractivity contribution in [2.75, 3.05) is 12.0 Å². The fourth-order valence-corrected chi connectivity index (χ4v) is 1.14. The summed E-state index contributed by atoms with van der Waals surface area (Å²) in [7, 11) is 0. The Labute approximate surface area is 87.9 Å². The van der Waals surface area contributed by atoms with E-state index in [-0.39, 0.29) is 0 Å². The molecule has 0 spiro atoms. The van der Waals surface area contributed by atoms with Crippen LogP contribution in [0.5, 0.6) is 0 Å². The second-order valence-electron chi connectivity index (χ2n) is 2.61. The van der Waals surface area contributed by atoms with E-state index in [1.807, 2.05) is 30.8 Å². The first kappa shape index (κ1) is 13.1. The van der Waals surface area contributed by atoms with Crippen molar-refractivity contribution in [3.05, 3.63) is 24.5 Å². The molecule has 0 amide bonds. The van der Waals surface area contributed by atoms with Gasteiger partial charge in [-0.15, -0.1) is 0 Å². The minimum absolute atomic E-state index is 0.552. The summed E-state index contributed by atoms with van der Waals surface area (Å²) in [6, 6.07) is 3.21. The largest absolute Gasteiger partial charge is 0.480 e. The lowest BCUT2D eigenvalue weighted by Crippen LogP contribution is -2.30. The topological polar surface area (TPSA) is 79.1 Å². The van der Waals surface area contributed by atoms with Crippen LogP contribution >= 0.6 is 11.8 Å². The maximum absolute atomic E-state index is 10.1. The smallest absolute Gasteiger partial charge is 0.320 e. The van der Waals surface area contributed by atoms with Gasteiger partial charge in [-0.25, -0.2) is 0 Å². The van der Waals surface area contributed by atoms with E-state index in [1.165, 1.54) is 0 Å². The molecule has 4 nitrogen and oxygen atoms in total. The lowest BCUT2D eigenvalue weighted by molar-refractivity contribution is -0.138. The third-order valence-corrected chi connectivity index (χ3v) is 2.09. The molecule has 0 aromatic carbocycles. The lowest BCUT2D eigenvalue weighted by atomic mass is 10.2. The maximum Gasteiger partial charge on any atom is 0.320 e. The molecule has 0 aliphatic carbocycles. The number of thioether (sulfide) groups is 1. The molecule has 14 heavy (non-hydrogen) atoms. The molecule has 0 saturated carbocycles. The Bertz CT molecular complexity index is 210. The van der Waals surface area contributed by atoms with E-state index in [2.05, 4.69) is 4.98 Å². The maximum atomic E-state index is 10.1.